The van der Waals surface area contributed by atoms with E-state index in [9.17, 15) is 19.5 Å². The van der Waals surface area contributed by atoms with Crippen LogP contribution in [-0.4, -0.2) is 29.8 Å². The van der Waals surface area contributed by atoms with Crippen molar-refractivity contribution in [1.29, 1.82) is 0 Å². The van der Waals surface area contributed by atoms with Gasteiger partial charge in [0.2, 0.25) is 5.91 Å². The van der Waals surface area contributed by atoms with Crippen molar-refractivity contribution in [3.8, 4) is 5.75 Å². The number of anilines is 2. The van der Waals surface area contributed by atoms with E-state index in [1.54, 1.807) is 62.6 Å². The van der Waals surface area contributed by atoms with Crippen LogP contribution in [0.3, 0.4) is 0 Å². The highest BCUT2D eigenvalue weighted by molar-refractivity contribution is 6.51. The lowest BCUT2D eigenvalue weighted by atomic mass is 9.95. The number of hydrogen-bond acceptors (Lipinski definition) is 6. The number of benzene rings is 2. The maximum Gasteiger partial charge on any atom is 0.300 e. The molecule has 1 saturated heterocycles. The average molecular weight is 460 g/mol. The van der Waals surface area contributed by atoms with Gasteiger partial charge in [0.1, 0.15) is 23.3 Å². The molecular weight excluding hydrogens is 436 g/mol. The number of amides is 2. The number of carbonyl (C=O) groups excluding carboxylic acids is 3. The van der Waals surface area contributed by atoms with E-state index < -0.39 is 17.7 Å². The molecule has 174 valence electrons. The fourth-order valence-electron chi connectivity index (χ4n) is 4.13. The number of aryl methyl sites for hydroxylation is 2. The maximum absolute atomic E-state index is 13.2. The molecule has 8 heteroatoms. The number of ketones is 1. The largest absolute Gasteiger partial charge is 0.507 e. The molecule has 2 amide bonds. The number of carbonyl (C=O) groups is 3. The Kier molecular flexibility index (Phi) is 5.98. The Bertz CT molecular complexity index is 1310. The van der Waals surface area contributed by atoms with Crippen LogP contribution >= 0.6 is 0 Å². The van der Waals surface area contributed by atoms with Crippen molar-refractivity contribution < 1.29 is 28.6 Å². The first-order valence-corrected chi connectivity index (χ1v) is 10.6. The van der Waals surface area contributed by atoms with Crippen molar-refractivity contribution in [2.24, 2.45) is 0 Å². The molecule has 8 nitrogen and oxygen atoms in total. The summed E-state index contributed by atoms with van der Waals surface area (Å²) in [6, 6.07) is 12.3. The lowest BCUT2D eigenvalue weighted by Gasteiger charge is -2.24. The first-order chi connectivity index (χ1) is 16.2. The van der Waals surface area contributed by atoms with E-state index in [0.717, 1.165) is 5.56 Å². The molecule has 2 aromatic carbocycles. The van der Waals surface area contributed by atoms with Gasteiger partial charge in [-0.05, 0) is 73.5 Å². The number of furan rings is 1. The van der Waals surface area contributed by atoms with Crippen LogP contribution in [0, 0.1) is 13.8 Å². The number of methoxy groups -OCH3 is 1. The van der Waals surface area contributed by atoms with Crippen LogP contribution in [0.2, 0.25) is 0 Å². The van der Waals surface area contributed by atoms with E-state index in [1.807, 2.05) is 6.92 Å². The second kappa shape index (κ2) is 8.90. The van der Waals surface area contributed by atoms with Crippen molar-refractivity contribution in [2.75, 3.05) is 17.3 Å². The van der Waals surface area contributed by atoms with E-state index in [1.165, 1.54) is 18.1 Å². The molecule has 1 aromatic heterocycles. The van der Waals surface area contributed by atoms with E-state index in [4.69, 9.17) is 9.15 Å². The third-order valence-electron chi connectivity index (χ3n) is 5.72. The average Bonchev–Trinajstić information content (AvgIpc) is 3.42. The summed E-state index contributed by atoms with van der Waals surface area (Å²) in [6.07, 6.45) is 1.44. The molecule has 1 atom stereocenters. The van der Waals surface area contributed by atoms with Gasteiger partial charge in [-0.1, -0.05) is 0 Å². The minimum Gasteiger partial charge on any atom is -0.507 e. The molecule has 0 saturated carbocycles. The van der Waals surface area contributed by atoms with E-state index in [0.29, 0.717) is 34.0 Å². The molecule has 0 aliphatic carbocycles. The van der Waals surface area contributed by atoms with E-state index >= 15 is 0 Å². The Morgan fingerprint density at radius 3 is 2.38 bits per heavy atom. The Hall–Kier alpha value is -4.33. The molecule has 1 fully saturated rings. The summed E-state index contributed by atoms with van der Waals surface area (Å²) < 4.78 is 10.9. The number of aliphatic hydroxyl groups excluding tert-OH is 1. The van der Waals surface area contributed by atoms with Crippen LogP contribution in [0.5, 0.6) is 5.75 Å². The molecular formula is C26H24N2O6. The van der Waals surface area contributed by atoms with Crippen LogP contribution < -0.4 is 15.0 Å². The van der Waals surface area contributed by atoms with Crippen molar-refractivity contribution >= 4 is 34.7 Å². The summed E-state index contributed by atoms with van der Waals surface area (Å²) in [5, 5.41) is 14.0. The lowest BCUT2D eigenvalue weighted by molar-refractivity contribution is -0.132. The van der Waals surface area contributed by atoms with Gasteiger partial charge in [-0.2, -0.15) is 0 Å². The molecule has 3 aromatic rings. The molecule has 1 aliphatic rings. The number of nitrogens with zero attached hydrogens (tertiary/aromatic N) is 1. The molecule has 34 heavy (non-hydrogen) atoms. The molecule has 4 rings (SSSR count). The SMILES string of the molecule is COc1cc(C)c(/C(O)=C2/C(=O)C(=O)N(c3ccc(NC(C)=O)cc3)C2c2ccco2)cc1C. The van der Waals surface area contributed by atoms with Crippen LogP contribution in [0.15, 0.2) is 64.8 Å². The maximum atomic E-state index is 13.2. The number of hydrogen-bond donors (Lipinski definition) is 2. The first kappa shape index (κ1) is 22.8. The molecule has 0 bridgehead atoms. The zero-order valence-corrected chi connectivity index (χ0v) is 19.2. The molecule has 1 aliphatic heterocycles. The quantitative estimate of drug-likeness (QED) is 0.330. The van der Waals surface area contributed by atoms with Crippen molar-refractivity contribution in [3.63, 3.8) is 0 Å². The highest BCUT2D eigenvalue weighted by Crippen LogP contribution is 2.43. The smallest absolute Gasteiger partial charge is 0.300 e. The van der Waals surface area contributed by atoms with Gasteiger partial charge < -0.3 is 19.6 Å². The zero-order valence-electron chi connectivity index (χ0n) is 19.2. The highest BCUT2D eigenvalue weighted by atomic mass is 16.5. The highest BCUT2D eigenvalue weighted by Gasteiger charge is 2.48. The number of aliphatic hydroxyl groups is 1. The second-order valence-corrected chi connectivity index (χ2v) is 8.05. The number of ether oxygens (including phenoxy) is 1. The van der Waals surface area contributed by atoms with Gasteiger partial charge in [-0.25, -0.2) is 0 Å². The Morgan fingerprint density at radius 1 is 1.09 bits per heavy atom. The van der Waals surface area contributed by atoms with Crippen LogP contribution in [-0.2, 0) is 14.4 Å². The van der Waals surface area contributed by atoms with Crippen molar-refractivity contribution in [1.82, 2.24) is 0 Å². The van der Waals surface area contributed by atoms with Gasteiger partial charge in [0.25, 0.3) is 11.7 Å². The van der Waals surface area contributed by atoms with Gasteiger partial charge in [0.05, 0.1) is 18.9 Å². The van der Waals surface area contributed by atoms with Crippen LogP contribution in [0.25, 0.3) is 5.76 Å². The molecule has 0 radical (unpaired) electrons. The summed E-state index contributed by atoms with van der Waals surface area (Å²) in [7, 11) is 1.56. The summed E-state index contributed by atoms with van der Waals surface area (Å²) in [5.74, 6) is -1.16. The third-order valence-corrected chi connectivity index (χ3v) is 5.72. The molecule has 0 spiro atoms. The minimum atomic E-state index is -0.969. The minimum absolute atomic E-state index is 0.0708. The normalized spacial score (nSPS) is 17.2. The topological polar surface area (TPSA) is 109 Å². The van der Waals surface area contributed by atoms with Gasteiger partial charge >= 0.3 is 0 Å². The summed E-state index contributed by atoms with van der Waals surface area (Å²) in [4.78, 5) is 39.0. The predicted molar refractivity (Wildman–Crippen MR) is 127 cm³/mol. The van der Waals surface area contributed by atoms with Crippen LogP contribution in [0.1, 0.15) is 35.4 Å². The fraction of sp³-hybridized carbons (Fsp3) is 0.192. The summed E-state index contributed by atoms with van der Waals surface area (Å²) in [5.41, 5.74) is 2.77. The van der Waals surface area contributed by atoms with Crippen molar-refractivity contribution in [2.45, 2.75) is 26.8 Å². The number of rotatable bonds is 5. The predicted octanol–water partition coefficient (Wildman–Crippen LogP) is 4.49. The molecule has 2 heterocycles. The molecule has 2 N–H and O–H groups in total. The van der Waals surface area contributed by atoms with E-state index in [-0.39, 0.29) is 17.2 Å². The van der Waals surface area contributed by atoms with Crippen molar-refractivity contribution in [3.05, 3.63) is 82.8 Å². The monoisotopic (exact) mass is 460 g/mol. The van der Waals surface area contributed by atoms with Gasteiger partial charge in [0.15, 0.2) is 0 Å². The van der Waals surface area contributed by atoms with Gasteiger partial charge in [-0.15, -0.1) is 0 Å². The Morgan fingerprint density at radius 2 is 1.79 bits per heavy atom. The zero-order chi connectivity index (χ0) is 24.6. The fourth-order valence-corrected chi connectivity index (χ4v) is 4.13. The lowest BCUT2D eigenvalue weighted by Crippen LogP contribution is -2.29. The van der Waals surface area contributed by atoms with Gasteiger partial charge in [-0.3, -0.25) is 19.3 Å². The molecule has 1 unspecified atom stereocenters. The van der Waals surface area contributed by atoms with Gasteiger partial charge in [0, 0.05) is 23.9 Å². The Balaban J connectivity index is 1.87. The van der Waals surface area contributed by atoms with Crippen LogP contribution in [0.4, 0.5) is 11.4 Å². The first-order valence-electron chi connectivity index (χ1n) is 10.6. The second-order valence-electron chi connectivity index (χ2n) is 8.05. The Labute approximate surface area is 196 Å². The number of nitrogens with one attached hydrogen (secondary N) is 1. The summed E-state index contributed by atoms with van der Waals surface area (Å²) in [6.45, 7) is 5.01. The third kappa shape index (κ3) is 3.94. The standard InChI is InChI=1S/C26H24N2O6/c1-14-13-21(33-4)15(2)12-19(14)24(30)22-23(20-6-5-11-34-20)28(26(32)25(22)31)18-9-7-17(8-10-18)27-16(3)29/h5-13,23,30H,1-4H3,(H,27,29)/b24-22-. The summed E-state index contributed by atoms with van der Waals surface area (Å²) >= 11 is 0. The van der Waals surface area contributed by atoms with E-state index in [2.05, 4.69) is 5.32 Å². The number of Topliss-reactive ketones (excluding diaryl/α,β-unsaturated/α-hetero) is 1.